The van der Waals surface area contributed by atoms with Crippen molar-refractivity contribution >= 4 is 10.4 Å². The molecule has 6 N–H and O–H groups in total. The van der Waals surface area contributed by atoms with Gasteiger partial charge in [0.25, 0.3) is 0 Å². The number of rotatable bonds is 7. The summed E-state index contributed by atoms with van der Waals surface area (Å²) in [7, 11) is -5.07. The fourth-order valence-electron chi connectivity index (χ4n) is 12.8. The average Bonchev–Trinajstić information content (AvgIpc) is 3.58. The van der Waals surface area contributed by atoms with Crippen LogP contribution in [0.5, 0.6) is 0 Å². The zero-order chi connectivity index (χ0) is 39.4. The van der Waals surface area contributed by atoms with Crippen LogP contribution in [0.2, 0.25) is 0 Å². The molecule has 0 unspecified atom stereocenters. The molecule has 0 aromatic carbocycles. The highest BCUT2D eigenvalue weighted by molar-refractivity contribution is 7.80. The van der Waals surface area contributed by atoms with Crippen molar-refractivity contribution in [3.05, 3.63) is 11.6 Å². The van der Waals surface area contributed by atoms with Gasteiger partial charge in [0, 0.05) is 12.3 Å². The summed E-state index contributed by atoms with van der Waals surface area (Å²) >= 11 is 0. The normalized spacial score (nSPS) is 55.3. The topological polar surface area (TPSA) is 220 Å². The number of allylic oxidation sites excluding steroid dienone is 1. The van der Waals surface area contributed by atoms with Crippen LogP contribution in [-0.4, -0.2) is 131 Å². The zero-order valence-electron chi connectivity index (χ0n) is 32.5. The summed E-state index contributed by atoms with van der Waals surface area (Å²) in [6.45, 7) is 11.1. The number of hydrogen-bond donors (Lipinski definition) is 6. The molecule has 21 atom stereocenters. The Hall–Kier alpha value is -0.830. The van der Waals surface area contributed by atoms with Crippen LogP contribution >= 0.6 is 0 Å². The lowest BCUT2D eigenvalue weighted by Gasteiger charge is -2.58. The van der Waals surface area contributed by atoms with Gasteiger partial charge in [0.15, 0.2) is 18.4 Å². The molecule has 314 valence electrons. The van der Waals surface area contributed by atoms with E-state index in [4.69, 9.17) is 33.0 Å². The van der Waals surface area contributed by atoms with Crippen molar-refractivity contribution in [2.24, 2.45) is 46.3 Å². The van der Waals surface area contributed by atoms with Gasteiger partial charge in [-0.2, -0.15) is 8.42 Å². The average molecular weight is 803 g/mol. The first-order valence-corrected chi connectivity index (χ1v) is 21.9. The van der Waals surface area contributed by atoms with Crippen LogP contribution in [-0.2, 0) is 43.0 Å². The second kappa shape index (κ2) is 14.7. The maximum absolute atomic E-state index is 11.4. The molecule has 4 aliphatic carbocycles. The second-order valence-electron chi connectivity index (χ2n) is 18.8. The number of ether oxygens (including phenoxy) is 6. The van der Waals surface area contributed by atoms with Crippen LogP contribution in [0.15, 0.2) is 11.6 Å². The van der Waals surface area contributed by atoms with Gasteiger partial charge in [0.1, 0.15) is 42.7 Å². The molecule has 4 aliphatic heterocycles. The van der Waals surface area contributed by atoms with Gasteiger partial charge in [-0.1, -0.05) is 39.3 Å². The second-order valence-corrected chi connectivity index (χ2v) is 19.8. The maximum atomic E-state index is 11.4. The summed E-state index contributed by atoms with van der Waals surface area (Å²) in [5, 5.41) is 53.7. The molecule has 8 rings (SSSR count). The van der Waals surface area contributed by atoms with Crippen LogP contribution in [0, 0.1) is 46.3 Å². The van der Waals surface area contributed by atoms with E-state index in [2.05, 4.69) is 38.0 Å². The first kappa shape index (κ1) is 40.9. The third-order valence-corrected chi connectivity index (χ3v) is 16.2. The van der Waals surface area contributed by atoms with Crippen LogP contribution < -0.4 is 0 Å². The Labute approximate surface area is 323 Å². The predicted molar refractivity (Wildman–Crippen MR) is 192 cm³/mol. The zero-order valence-corrected chi connectivity index (χ0v) is 33.3. The minimum absolute atomic E-state index is 0.0265. The molecule has 0 aromatic heterocycles. The van der Waals surface area contributed by atoms with Gasteiger partial charge in [-0.25, -0.2) is 4.18 Å². The first-order chi connectivity index (χ1) is 25.9. The summed E-state index contributed by atoms with van der Waals surface area (Å²) in [4.78, 5) is 0. The summed E-state index contributed by atoms with van der Waals surface area (Å²) in [6, 6.07) is 0. The minimum Gasteiger partial charge on any atom is -0.394 e. The van der Waals surface area contributed by atoms with Gasteiger partial charge < -0.3 is 54.0 Å². The quantitative estimate of drug-likeness (QED) is 0.161. The lowest BCUT2D eigenvalue weighted by atomic mass is 9.47. The van der Waals surface area contributed by atoms with Gasteiger partial charge in [0.2, 0.25) is 0 Å². The van der Waals surface area contributed by atoms with E-state index in [0.29, 0.717) is 41.9 Å². The van der Waals surface area contributed by atoms with Crippen molar-refractivity contribution in [1.82, 2.24) is 0 Å². The van der Waals surface area contributed by atoms with Crippen LogP contribution in [0.4, 0.5) is 0 Å². The number of aliphatic hydroxyl groups excluding tert-OH is 5. The summed E-state index contributed by atoms with van der Waals surface area (Å²) in [6.07, 6.45) is -4.22. The number of fused-ring (bicyclic) bond motifs is 7. The van der Waals surface area contributed by atoms with E-state index >= 15 is 0 Å². The molecule has 8 aliphatic rings. The predicted octanol–water partition coefficient (Wildman–Crippen LogP) is 2.22. The Morgan fingerprint density at radius 2 is 1.62 bits per heavy atom. The SMILES string of the molecule is C[C@@H]1CC[C@@]2(OC1)O[C@H]1C[C@H]3[C@@H]4CC=C5C[C@@H](O[C@@H]6O[C@H](CO)[C@@H](O[C@@H]7O[C@@H](C)[C@H](O)[C@@H](OS(=O)(=O)O)[C@H]7O)[C@H](O)[C@H]6O)CC[C@]5(C)[C@H]4CC[C@]3(C)[C@H]1[C@@H]2C. The molecule has 16 heteroatoms. The molecule has 0 amide bonds. The third kappa shape index (κ3) is 6.89. The Morgan fingerprint density at radius 1 is 0.873 bits per heavy atom. The summed E-state index contributed by atoms with van der Waals surface area (Å²) in [5.74, 6) is 2.78. The third-order valence-electron chi connectivity index (χ3n) is 15.8. The lowest BCUT2D eigenvalue weighted by Crippen LogP contribution is -2.64. The Kier molecular flexibility index (Phi) is 10.9. The molecule has 0 radical (unpaired) electrons. The van der Waals surface area contributed by atoms with E-state index in [-0.39, 0.29) is 23.0 Å². The summed E-state index contributed by atoms with van der Waals surface area (Å²) in [5.41, 5.74) is 1.62. The highest BCUT2D eigenvalue weighted by Gasteiger charge is 2.69. The Morgan fingerprint density at radius 3 is 2.31 bits per heavy atom. The Balaban J connectivity index is 0.908. The van der Waals surface area contributed by atoms with E-state index in [9.17, 15) is 34.0 Å². The fourth-order valence-corrected chi connectivity index (χ4v) is 13.3. The van der Waals surface area contributed by atoms with Gasteiger partial charge in [-0.3, -0.25) is 4.55 Å². The first-order valence-electron chi connectivity index (χ1n) is 20.5. The molecular weight excluding hydrogens is 740 g/mol. The van der Waals surface area contributed by atoms with Gasteiger partial charge in [-0.05, 0) is 98.7 Å². The number of aliphatic hydroxyl groups is 5. The van der Waals surface area contributed by atoms with Crippen molar-refractivity contribution in [1.29, 1.82) is 0 Å². The minimum atomic E-state index is -5.07. The molecule has 15 nitrogen and oxygen atoms in total. The van der Waals surface area contributed by atoms with Gasteiger partial charge >= 0.3 is 10.4 Å². The molecule has 4 heterocycles. The molecule has 55 heavy (non-hydrogen) atoms. The molecule has 4 saturated heterocycles. The molecular formula is C39H62O15S. The largest absolute Gasteiger partial charge is 0.397 e. The van der Waals surface area contributed by atoms with Crippen molar-refractivity contribution in [3.63, 3.8) is 0 Å². The summed E-state index contributed by atoms with van der Waals surface area (Å²) < 4.78 is 73.4. The van der Waals surface area contributed by atoms with E-state index in [0.717, 1.165) is 45.1 Å². The number of hydrogen-bond acceptors (Lipinski definition) is 14. The highest BCUT2D eigenvalue weighted by atomic mass is 32.3. The molecule has 7 fully saturated rings. The Bertz CT molecular complexity index is 1550. The van der Waals surface area contributed by atoms with Crippen molar-refractivity contribution in [2.45, 2.75) is 172 Å². The van der Waals surface area contributed by atoms with E-state index in [1.54, 1.807) is 0 Å². The maximum Gasteiger partial charge on any atom is 0.397 e. The van der Waals surface area contributed by atoms with Crippen LogP contribution in [0.25, 0.3) is 0 Å². The van der Waals surface area contributed by atoms with Crippen molar-refractivity contribution < 1.29 is 71.1 Å². The van der Waals surface area contributed by atoms with Crippen LogP contribution in [0.1, 0.15) is 92.4 Å². The van der Waals surface area contributed by atoms with Crippen molar-refractivity contribution in [2.75, 3.05) is 13.2 Å². The standard InChI is InChI=1S/C39H62O15S/c1-18-8-13-39(48-17-18)19(2)28-26(53-39)15-25-23-7-6-21-14-22(9-11-37(21,4)24(23)10-12-38(25,28)5)50-35-31(43)30(42)33(27(16-40)51-35)52-36-32(44)34(54-55(45,46)47)29(41)20(3)49-36/h6,18-20,22-36,40-44H,7-17H2,1-5H3,(H,45,46,47)/t18-,19+,20+,22+,23-,24+,25+,26+,27-,28+,29+,30-,31-,32-,33-,34-,35-,36+,37+,38+,39-/m1/s1. The highest BCUT2D eigenvalue weighted by Crippen LogP contribution is 2.70. The lowest BCUT2D eigenvalue weighted by molar-refractivity contribution is -0.359. The smallest absolute Gasteiger partial charge is 0.394 e. The van der Waals surface area contributed by atoms with Crippen molar-refractivity contribution in [3.8, 4) is 0 Å². The van der Waals surface area contributed by atoms with Gasteiger partial charge in [-0.15, -0.1) is 0 Å². The van der Waals surface area contributed by atoms with Gasteiger partial charge in [0.05, 0.1) is 31.5 Å². The monoisotopic (exact) mass is 802 g/mol. The fraction of sp³-hybridized carbons (Fsp3) is 0.949. The molecule has 0 bridgehead atoms. The van der Waals surface area contributed by atoms with E-state index in [1.807, 2.05) is 0 Å². The molecule has 0 aromatic rings. The molecule has 3 saturated carbocycles. The van der Waals surface area contributed by atoms with E-state index in [1.165, 1.54) is 25.3 Å². The van der Waals surface area contributed by atoms with Crippen LogP contribution in [0.3, 0.4) is 0 Å². The molecule has 1 spiro atoms. The van der Waals surface area contributed by atoms with E-state index < -0.39 is 84.2 Å².